The van der Waals surface area contributed by atoms with E-state index in [9.17, 15) is 13.2 Å². The van der Waals surface area contributed by atoms with E-state index in [1.54, 1.807) is 0 Å². The van der Waals surface area contributed by atoms with E-state index < -0.39 is 11.7 Å². The molecule has 0 spiro atoms. The first kappa shape index (κ1) is 15.6. The molecular weight excluding hydrogens is 330 g/mol. The minimum Gasteiger partial charge on any atom is -0.338 e. The maximum atomic E-state index is 13.0. The van der Waals surface area contributed by atoms with Gasteiger partial charge in [-0.25, -0.2) is 10.8 Å². The lowest BCUT2D eigenvalue weighted by Crippen LogP contribution is -2.12. The highest BCUT2D eigenvalue weighted by atomic mass is 35.5. The number of rotatable bonds is 3. The Balaban J connectivity index is 2.45. The molecule has 0 aliphatic heterocycles. The quantitative estimate of drug-likeness (QED) is 0.586. The van der Waals surface area contributed by atoms with Crippen LogP contribution in [0.4, 0.5) is 30.6 Å². The van der Waals surface area contributed by atoms with Gasteiger partial charge in [0.1, 0.15) is 5.02 Å². The molecule has 0 aliphatic rings. The number of hydrogen-bond donors (Lipinski definition) is 3. The molecule has 0 saturated carbocycles. The molecule has 10 heteroatoms. The Bertz CT molecular complexity index is 663. The summed E-state index contributed by atoms with van der Waals surface area (Å²) in [5, 5.41) is 2.49. The van der Waals surface area contributed by atoms with Gasteiger partial charge in [0.15, 0.2) is 5.82 Å². The normalized spacial score (nSPS) is 11.3. The van der Waals surface area contributed by atoms with Crippen LogP contribution in [0.5, 0.6) is 0 Å². The number of benzene rings is 1. The van der Waals surface area contributed by atoms with E-state index in [2.05, 4.69) is 20.7 Å². The van der Waals surface area contributed by atoms with Gasteiger partial charge < -0.3 is 5.32 Å². The SMILES string of the molecule is NNc1ncc(Cl)c(Nc2ccc(Cl)cc2C(F)(F)F)n1. The van der Waals surface area contributed by atoms with Crippen molar-refractivity contribution in [2.75, 3.05) is 10.7 Å². The summed E-state index contributed by atoms with van der Waals surface area (Å²) in [5.74, 6) is 5.12. The summed E-state index contributed by atoms with van der Waals surface area (Å²) < 4.78 is 38.9. The summed E-state index contributed by atoms with van der Waals surface area (Å²) in [5.41, 5.74) is 0.992. The van der Waals surface area contributed by atoms with Gasteiger partial charge in [-0.2, -0.15) is 18.2 Å². The van der Waals surface area contributed by atoms with Crippen LogP contribution < -0.4 is 16.6 Å². The lowest BCUT2D eigenvalue weighted by Gasteiger charge is -2.15. The van der Waals surface area contributed by atoms with Gasteiger partial charge >= 0.3 is 6.18 Å². The summed E-state index contributed by atoms with van der Waals surface area (Å²) in [6, 6.07) is 3.30. The summed E-state index contributed by atoms with van der Waals surface area (Å²) in [7, 11) is 0. The molecule has 2 rings (SSSR count). The van der Waals surface area contributed by atoms with Gasteiger partial charge in [0.05, 0.1) is 17.4 Å². The third kappa shape index (κ3) is 3.66. The predicted molar refractivity (Wildman–Crippen MR) is 74.6 cm³/mol. The Hall–Kier alpha value is -1.77. The van der Waals surface area contributed by atoms with E-state index >= 15 is 0 Å². The number of anilines is 3. The highest BCUT2D eigenvalue weighted by molar-refractivity contribution is 6.33. The van der Waals surface area contributed by atoms with Gasteiger partial charge in [0.2, 0.25) is 5.95 Å². The molecule has 0 radical (unpaired) electrons. The number of alkyl halides is 3. The number of aromatic nitrogens is 2. The van der Waals surface area contributed by atoms with E-state index in [0.717, 1.165) is 6.07 Å². The van der Waals surface area contributed by atoms with Crippen molar-refractivity contribution in [3.63, 3.8) is 0 Å². The number of nitrogens with zero attached hydrogens (tertiary/aromatic N) is 2. The van der Waals surface area contributed by atoms with Crippen LogP contribution in [0, 0.1) is 0 Å². The van der Waals surface area contributed by atoms with Crippen LogP contribution in [-0.2, 0) is 6.18 Å². The van der Waals surface area contributed by atoms with E-state index in [-0.39, 0.29) is 27.5 Å². The number of nitrogens with two attached hydrogens (primary N) is 1. The molecule has 0 atom stereocenters. The molecule has 1 aromatic heterocycles. The maximum Gasteiger partial charge on any atom is 0.418 e. The molecule has 4 N–H and O–H groups in total. The molecule has 2 aromatic rings. The number of nitrogens with one attached hydrogen (secondary N) is 2. The van der Waals surface area contributed by atoms with Crippen molar-refractivity contribution in [3.05, 3.63) is 40.0 Å². The number of nitrogen functional groups attached to an aromatic ring is 1. The molecule has 5 nitrogen and oxygen atoms in total. The molecular formula is C11H8Cl2F3N5. The van der Waals surface area contributed by atoms with E-state index in [4.69, 9.17) is 29.0 Å². The zero-order valence-electron chi connectivity index (χ0n) is 10.2. The first-order chi connectivity index (χ1) is 9.81. The van der Waals surface area contributed by atoms with Crippen LogP contribution in [-0.4, -0.2) is 9.97 Å². The van der Waals surface area contributed by atoms with Crippen LogP contribution in [0.1, 0.15) is 5.56 Å². The Kier molecular flexibility index (Phi) is 4.40. The zero-order chi connectivity index (χ0) is 15.6. The summed E-state index contributed by atoms with van der Waals surface area (Å²) >= 11 is 11.4. The van der Waals surface area contributed by atoms with Gasteiger partial charge in [0.25, 0.3) is 0 Å². The first-order valence-corrected chi connectivity index (χ1v) is 6.20. The van der Waals surface area contributed by atoms with Gasteiger partial charge in [-0.15, -0.1) is 0 Å². The highest BCUT2D eigenvalue weighted by Gasteiger charge is 2.34. The lowest BCUT2D eigenvalue weighted by atomic mass is 10.1. The van der Waals surface area contributed by atoms with Crippen LogP contribution >= 0.6 is 23.2 Å². The minimum atomic E-state index is -4.58. The van der Waals surface area contributed by atoms with Gasteiger partial charge in [-0.3, -0.25) is 5.43 Å². The van der Waals surface area contributed by atoms with Crippen molar-refractivity contribution >= 4 is 40.7 Å². The number of hydrogen-bond acceptors (Lipinski definition) is 5. The maximum absolute atomic E-state index is 13.0. The fourth-order valence-electron chi connectivity index (χ4n) is 1.51. The monoisotopic (exact) mass is 337 g/mol. The fraction of sp³-hybridized carbons (Fsp3) is 0.0909. The topological polar surface area (TPSA) is 75.9 Å². The third-order valence-corrected chi connectivity index (χ3v) is 2.92. The van der Waals surface area contributed by atoms with Crippen LogP contribution in [0.2, 0.25) is 10.0 Å². The molecule has 0 fully saturated rings. The van der Waals surface area contributed by atoms with E-state index in [0.29, 0.717) is 0 Å². The zero-order valence-corrected chi connectivity index (χ0v) is 11.7. The Labute approximate surface area is 127 Å². The lowest BCUT2D eigenvalue weighted by molar-refractivity contribution is -0.136. The van der Waals surface area contributed by atoms with Crippen LogP contribution in [0.25, 0.3) is 0 Å². The van der Waals surface area contributed by atoms with Crippen molar-refractivity contribution in [1.82, 2.24) is 9.97 Å². The van der Waals surface area contributed by atoms with Crippen molar-refractivity contribution in [2.24, 2.45) is 5.84 Å². The van der Waals surface area contributed by atoms with Gasteiger partial charge in [0, 0.05) is 5.02 Å². The number of hydrazine groups is 1. The van der Waals surface area contributed by atoms with Crippen LogP contribution in [0.15, 0.2) is 24.4 Å². The molecule has 21 heavy (non-hydrogen) atoms. The molecule has 0 bridgehead atoms. The van der Waals surface area contributed by atoms with Gasteiger partial charge in [-0.05, 0) is 18.2 Å². The standard InChI is InChI=1S/C11H8Cl2F3N5/c12-5-1-2-8(6(3-5)11(14,15)16)19-9-7(13)4-18-10(20-9)21-17/h1-4H,17H2,(H2,18,19,20,21). The Morgan fingerprint density at radius 3 is 2.52 bits per heavy atom. The Morgan fingerprint density at radius 1 is 1.19 bits per heavy atom. The summed E-state index contributed by atoms with van der Waals surface area (Å²) in [6.45, 7) is 0. The second kappa shape index (κ2) is 5.92. The van der Waals surface area contributed by atoms with Crippen molar-refractivity contribution < 1.29 is 13.2 Å². The van der Waals surface area contributed by atoms with Crippen LogP contribution in [0.3, 0.4) is 0 Å². The van der Waals surface area contributed by atoms with E-state index in [1.165, 1.54) is 18.3 Å². The molecule has 0 saturated heterocycles. The van der Waals surface area contributed by atoms with Gasteiger partial charge in [-0.1, -0.05) is 23.2 Å². The second-order valence-electron chi connectivity index (χ2n) is 3.85. The van der Waals surface area contributed by atoms with Crippen molar-refractivity contribution in [2.45, 2.75) is 6.18 Å². The average molecular weight is 338 g/mol. The Morgan fingerprint density at radius 2 is 1.90 bits per heavy atom. The molecule has 0 amide bonds. The average Bonchev–Trinajstić information content (AvgIpc) is 2.42. The highest BCUT2D eigenvalue weighted by Crippen LogP contribution is 2.38. The number of halogens is 5. The molecule has 1 aromatic carbocycles. The van der Waals surface area contributed by atoms with Crippen molar-refractivity contribution in [3.8, 4) is 0 Å². The largest absolute Gasteiger partial charge is 0.418 e. The molecule has 112 valence electrons. The summed E-state index contributed by atoms with van der Waals surface area (Å²) in [6.07, 6.45) is -3.38. The molecule has 0 aliphatic carbocycles. The molecule has 1 heterocycles. The minimum absolute atomic E-state index is 0.00409. The fourth-order valence-corrected chi connectivity index (χ4v) is 1.82. The third-order valence-electron chi connectivity index (χ3n) is 2.41. The van der Waals surface area contributed by atoms with Crippen molar-refractivity contribution in [1.29, 1.82) is 0 Å². The summed E-state index contributed by atoms with van der Waals surface area (Å²) in [4.78, 5) is 7.56. The first-order valence-electron chi connectivity index (χ1n) is 5.44. The smallest absolute Gasteiger partial charge is 0.338 e. The second-order valence-corrected chi connectivity index (χ2v) is 4.69. The molecule has 0 unspecified atom stereocenters. The predicted octanol–water partition coefficient (Wildman–Crippen LogP) is 3.83. The van der Waals surface area contributed by atoms with E-state index in [1.807, 2.05) is 0 Å².